The minimum atomic E-state index is -3.24. The molecule has 0 spiro atoms. The highest BCUT2D eigenvalue weighted by atomic mass is 35.5. The fraction of sp³-hybridized carbons (Fsp3) is 0.238. The minimum Gasteiger partial charge on any atom is -0.309 e. The van der Waals surface area contributed by atoms with Gasteiger partial charge in [0.15, 0.2) is 9.84 Å². The topological polar surface area (TPSA) is 37.4 Å². The summed E-state index contributed by atoms with van der Waals surface area (Å²) in [7, 11) is 0.862. The van der Waals surface area contributed by atoms with E-state index in [1.165, 1.54) is 6.26 Å². The smallest absolute Gasteiger partial charge is 0.175 e. The zero-order valence-electron chi connectivity index (χ0n) is 15.3. The SMILES string of the molecule is CN(C)CCC=C1c2ccccc2C=Cc2ccc(S(C)(=O)=O)cc21.Cl. The van der Waals surface area contributed by atoms with Crippen molar-refractivity contribution in [2.75, 3.05) is 26.9 Å². The minimum absolute atomic E-state index is 0. The lowest BCUT2D eigenvalue weighted by atomic mass is 9.93. The van der Waals surface area contributed by atoms with Crippen molar-refractivity contribution in [2.45, 2.75) is 11.3 Å². The Kier molecular flexibility index (Phi) is 6.45. The van der Waals surface area contributed by atoms with Gasteiger partial charge in [-0.05, 0) is 60.5 Å². The Bertz CT molecular complexity index is 960. The highest BCUT2D eigenvalue weighted by molar-refractivity contribution is 7.90. The number of rotatable bonds is 4. The monoisotopic (exact) mass is 389 g/mol. The summed E-state index contributed by atoms with van der Waals surface area (Å²) >= 11 is 0. The van der Waals surface area contributed by atoms with Crippen LogP contribution in [0.4, 0.5) is 0 Å². The molecule has 0 amide bonds. The molecular weight excluding hydrogens is 366 g/mol. The molecule has 0 saturated carbocycles. The normalized spacial score (nSPS) is 14.5. The standard InChI is InChI=1S/C21H23NO2S.ClH/c1-22(2)14-6-9-20-19-8-5-4-7-16(19)10-11-17-12-13-18(15-21(17)20)25(3,23)24;/h4-5,7-13,15H,6,14H2,1-3H3;1H. The van der Waals surface area contributed by atoms with Gasteiger partial charge in [-0.3, -0.25) is 0 Å². The first-order valence-corrected chi connectivity index (χ1v) is 10.2. The molecule has 0 saturated heterocycles. The molecule has 0 aliphatic heterocycles. The van der Waals surface area contributed by atoms with E-state index in [2.05, 4.69) is 49.4 Å². The number of fused-ring (bicyclic) bond motifs is 2. The Morgan fingerprint density at radius 3 is 2.27 bits per heavy atom. The number of benzene rings is 2. The van der Waals surface area contributed by atoms with Gasteiger partial charge in [-0.1, -0.05) is 48.6 Å². The summed E-state index contributed by atoms with van der Waals surface area (Å²) < 4.78 is 24.0. The van der Waals surface area contributed by atoms with E-state index >= 15 is 0 Å². The number of hydrogen-bond donors (Lipinski definition) is 0. The molecule has 0 radical (unpaired) electrons. The van der Waals surface area contributed by atoms with Gasteiger partial charge in [-0.25, -0.2) is 8.42 Å². The van der Waals surface area contributed by atoms with Crippen molar-refractivity contribution >= 4 is 40.0 Å². The number of halogens is 1. The first-order chi connectivity index (χ1) is 11.9. The Balaban J connectivity index is 0.00000243. The molecule has 2 aromatic carbocycles. The van der Waals surface area contributed by atoms with E-state index in [0.717, 1.165) is 40.8 Å². The molecule has 0 aromatic heterocycles. The molecule has 0 fully saturated rings. The molecule has 0 N–H and O–H groups in total. The summed E-state index contributed by atoms with van der Waals surface area (Å²) in [4.78, 5) is 2.50. The van der Waals surface area contributed by atoms with Crippen LogP contribution in [0.15, 0.2) is 53.4 Å². The summed E-state index contributed by atoms with van der Waals surface area (Å²) in [5.41, 5.74) is 5.41. The summed E-state index contributed by atoms with van der Waals surface area (Å²) in [6, 6.07) is 13.6. The largest absolute Gasteiger partial charge is 0.309 e. The van der Waals surface area contributed by atoms with Crippen LogP contribution in [0.25, 0.3) is 17.7 Å². The van der Waals surface area contributed by atoms with Crippen molar-refractivity contribution < 1.29 is 8.42 Å². The maximum absolute atomic E-state index is 12.0. The second-order valence-corrected chi connectivity index (χ2v) is 8.67. The summed E-state index contributed by atoms with van der Waals surface area (Å²) in [6.07, 6.45) is 8.54. The van der Waals surface area contributed by atoms with Gasteiger partial charge in [0.2, 0.25) is 0 Å². The molecule has 0 unspecified atom stereocenters. The van der Waals surface area contributed by atoms with Gasteiger partial charge in [-0.15, -0.1) is 12.4 Å². The van der Waals surface area contributed by atoms with Gasteiger partial charge in [-0.2, -0.15) is 0 Å². The van der Waals surface area contributed by atoms with Crippen LogP contribution in [0.2, 0.25) is 0 Å². The lowest BCUT2D eigenvalue weighted by Gasteiger charge is -2.14. The van der Waals surface area contributed by atoms with Crippen molar-refractivity contribution in [3.63, 3.8) is 0 Å². The molecule has 138 valence electrons. The molecule has 2 aromatic rings. The second kappa shape index (κ2) is 8.21. The quantitative estimate of drug-likeness (QED) is 0.664. The third-order valence-corrected chi connectivity index (χ3v) is 5.47. The number of nitrogens with zero attached hydrogens (tertiary/aromatic N) is 1. The molecule has 0 bridgehead atoms. The highest BCUT2D eigenvalue weighted by Gasteiger charge is 2.17. The van der Waals surface area contributed by atoms with Gasteiger partial charge in [0.05, 0.1) is 4.90 Å². The lowest BCUT2D eigenvalue weighted by Crippen LogP contribution is -2.12. The van der Waals surface area contributed by atoms with Crippen molar-refractivity contribution in [2.24, 2.45) is 0 Å². The van der Waals surface area contributed by atoms with E-state index in [4.69, 9.17) is 0 Å². The molecule has 1 aliphatic rings. The zero-order chi connectivity index (χ0) is 18.0. The fourth-order valence-corrected chi connectivity index (χ4v) is 3.69. The predicted molar refractivity (Wildman–Crippen MR) is 112 cm³/mol. The van der Waals surface area contributed by atoms with Crippen molar-refractivity contribution in [3.05, 3.63) is 70.8 Å². The molecule has 0 atom stereocenters. The summed E-state index contributed by atoms with van der Waals surface area (Å²) in [5.74, 6) is 0. The first-order valence-electron chi connectivity index (χ1n) is 8.33. The molecule has 1 aliphatic carbocycles. The maximum atomic E-state index is 12.0. The first kappa shape index (κ1) is 20.4. The van der Waals surface area contributed by atoms with Crippen LogP contribution in [0.3, 0.4) is 0 Å². The van der Waals surface area contributed by atoms with Gasteiger partial charge >= 0.3 is 0 Å². The molecular formula is C21H24ClNO2S. The zero-order valence-corrected chi connectivity index (χ0v) is 16.9. The Hall–Kier alpha value is -1.88. The Morgan fingerprint density at radius 2 is 1.62 bits per heavy atom. The van der Waals surface area contributed by atoms with Gasteiger partial charge in [0, 0.05) is 12.8 Å². The van der Waals surface area contributed by atoms with Crippen molar-refractivity contribution in [1.82, 2.24) is 4.90 Å². The third-order valence-electron chi connectivity index (χ3n) is 4.36. The summed E-state index contributed by atoms with van der Waals surface area (Å²) in [5, 5.41) is 0. The predicted octanol–water partition coefficient (Wildman–Crippen LogP) is 4.38. The van der Waals surface area contributed by atoms with E-state index in [-0.39, 0.29) is 12.4 Å². The molecule has 0 heterocycles. The van der Waals surface area contributed by atoms with Crippen LogP contribution >= 0.6 is 12.4 Å². The van der Waals surface area contributed by atoms with E-state index in [1.807, 2.05) is 18.2 Å². The Labute approximate surface area is 162 Å². The van der Waals surface area contributed by atoms with Gasteiger partial charge in [0.25, 0.3) is 0 Å². The highest BCUT2D eigenvalue weighted by Crippen LogP contribution is 2.35. The number of sulfone groups is 1. The van der Waals surface area contributed by atoms with Crippen LogP contribution in [-0.4, -0.2) is 40.2 Å². The van der Waals surface area contributed by atoms with Crippen LogP contribution in [0, 0.1) is 0 Å². The van der Waals surface area contributed by atoms with Gasteiger partial charge in [0.1, 0.15) is 0 Å². The number of hydrogen-bond acceptors (Lipinski definition) is 3. The average Bonchev–Trinajstić information content (AvgIpc) is 2.71. The van der Waals surface area contributed by atoms with E-state index in [9.17, 15) is 8.42 Å². The van der Waals surface area contributed by atoms with Crippen molar-refractivity contribution in [3.8, 4) is 0 Å². The molecule has 3 rings (SSSR count). The summed E-state index contributed by atoms with van der Waals surface area (Å²) in [6.45, 7) is 0.945. The average molecular weight is 390 g/mol. The van der Waals surface area contributed by atoms with Crippen LogP contribution < -0.4 is 0 Å². The maximum Gasteiger partial charge on any atom is 0.175 e. The van der Waals surface area contributed by atoms with Crippen LogP contribution in [0.1, 0.15) is 28.7 Å². The van der Waals surface area contributed by atoms with E-state index < -0.39 is 9.84 Å². The van der Waals surface area contributed by atoms with Crippen LogP contribution in [0.5, 0.6) is 0 Å². The van der Waals surface area contributed by atoms with E-state index in [1.54, 1.807) is 12.1 Å². The van der Waals surface area contributed by atoms with Crippen molar-refractivity contribution in [1.29, 1.82) is 0 Å². The second-order valence-electron chi connectivity index (χ2n) is 6.65. The van der Waals surface area contributed by atoms with Gasteiger partial charge < -0.3 is 4.90 Å². The molecule has 26 heavy (non-hydrogen) atoms. The van der Waals surface area contributed by atoms with Crippen LogP contribution in [-0.2, 0) is 9.84 Å². The molecule has 3 nitrogen and oxygen atoms in total. The fourth-order valence-electron chi connectivity index (χ4n) is 3.04. The Morgan fingerprint density at radius 1 is 0.962 bits per heavy atom. The van der Waals surface area contributed by atoms with E-state index in [0.29, 0.717) is 4.90 Å². The third kappa shape index (κ3) is 4.44. The lowest BCUT2D eigenvalue weighted by molar-refractivity contribution is 0.417. The molecule has 5 heteroatoms.